The molecule has 0 atom stereocenters. The lowest BCUT2D eigenvalue weighted by Crippen LogP contribution is -2.57. The van der Waals surface area contributed by atoms with Gasteiger partial charge in [-0.3, -0.25) is 14.2 Å². The molecule has 3 aromatic heterocycles. The summed E-state index contributed by atoms with van der Waals surface area (Å²) in [5.74, 6) is 0.237. The van der Waals surface area contributed by atoms with Crippen molar-refractivity contribution in [1.82, 2.24) is 29.9 Å². The van der Waals surface area contributed by atoms with E-state index in [4.69, 9.17) is 10.1 Å². The van der Waals surface area contributed by atoms with Gasteiger partial charge in [0.2, 0.25) is 5.91 Å². The first-order valence-corrected chi connectivity index (χ1v) is 13.7. The van der Waals surface area contributed by atoms with Crippen LogP contribution in [0.1, 0.15) is 80.9 Å². The minimum atomic E-state index is 0.0499. The standard InChI is InChI=1S/C28H39N7O/c1-5-6-25(36)31-28-11-8-27(9-12-28,10-13-28)18-35-23-7-14-34(17-22(23)20(3)32-35)24-15-19(2)30-26-21(24)16-29-33(26)4/h15-16H,5-14,17-18H2,1-4H3,(H,31,36). The summed E-state index contributed by atoms with van der Waals surface area (Å²) in [6.07, 6.45) is 11.4. The van der Waals surface area contributed by atoms with E-state index in [1.165, 1.54) is 36.2 Å². The fraction of sp³-hybridized carbons (Fsp3) is 0.643. The molecule has 8 nitrogen and oxygen atoms in total. The van der Waals surface area contributed by atoms with Crippen LogP contribution in [-0.2, 0) is 31.4 Å². The molecule has 0 unspecified atom stereocenters. The van der Waals surface area contributed by atoms with Gasteiger partial charge in [0.15, 0.2) is 5.65 Å². The van der Waals surface area contributed by atoms with E-state index in [-0.39, 0.29) is 11.4 Å². The van der Waals surface area contributed by atoms with Crippen LogP contribution in [0, 0.1) is 19.3 Å². The largest absolute Gasteiger partial charge is 0.366 e. The van der Waals surface area contributed by atoms with Crippen LogP contribution in [0.5, 0.6) is 0 Å². The minimum Gasteiger partial charge on any atom is -0.366 e. The summed E-state index contributed by atoms with van der Waals surface area (Å²) in [6.45, 7) is 9.19. The smallest absolute Gasteiger partial charge is 0.220 e. The second kappa shape index (κ2) is 8.60. The van der Waals surface area contributed by atoms with Crippen molar-refractivity contribution in [3.8, 4) is 0 Å². The second-order valence-electron chi connectivity index (χ2n) is 11.7. The Morgan fingerprint density at radius 1 is 1.14 bits per heavy atom. The lowest BCUT2D eigenvalue weighted by atomic mass is 9.57. The monoisotopic (exact) mass is 489 g/mol. The zero-order chi connectivity index (χ0) is 25.1. The number of nitrogens with zero attached hydrogens (tertiary/aromatic N) is 6. The third-order valence-corrected chi connectivity index (χ3v) is 9.26. The molecule has 4 aliphatic rings. The van der Waals surface area contributed by atoms with Gasteiger partial charge in [-0.25, -0.2) is 4.98 Å². The summed E-state index contributed by atoms with van der Waals surface area (Å²) >= 11 is 0. The van der Waals surface area contributed by atoms with Crippen LogP contribution in [0.4, 0.5) is 5.69 Å². The number of nitrogens with one attached hydrogen (secondary N) is 1. The molecule has 3 fully saturated rings. The number of carbonyl (C=O) groups excluding carboxylic acids is 1. The van der Waals surface area contributed by atoms with Gasteiger partial charge >= 0.3 is 0 Å². The van der Waals surface area contributed by atoms with E-state index in [1.807, 2.05) is 17.9 Å². The van der Waals surface area contributed by atoms with Gasteiger partial charge in [0.05, 0.1) is 23.0 Å². The molecule has 192 valence electrons. The van der Waals surface area contributed by atoms with Crippen LogP contribution in [0.2, 0.25) is 0 Å². The molecule has 4 heterocycles. The second-order valence-corrected chi connectivity index (χ2v) is 11.7. The third kappa shape index (κ3) is 3.89. The Balaban J connectivity index is 1.20. The van der Waals surface area contributed by atoms with Gasteiger partial charge in [-0.05, 0) is 70.3 Å². The van der Waals surface area contributed by atoms with Crippen LogP contribution in [0.25, 0.3) is 11.0 Å². The highest BCUT2D eigenvalue weighted by Gasteiger charge is 2.49. The highest BCUT2D eigenvalue weighted by atomic mass is 16.1. The van der Waals surface area contributed by atoms with Crippen molar-refractivity contribution >= 4 is 22.6 Å². The molecule has 0 radical (unpaired) electrons. The maximum absolute atomic E-state index is 12.3. The molecule has 36 heavy (non-hydrogen) atoms. The van der Waals surface area contributed by atoms with Crippen LogP contribution in [0.15, 0.2) is 12.3 Å². The topological polar surface area (TPSA) is 80.9 Å². The predicted octanol–water partition coefficient (Wildman–Crippen LogP) is 4.35. The predicted molar refractivity (Wildman–Crippen MR) is 141 cm³/mol. The number of hydrogen-bond donors (Lipinski definition) is 1. The van der Waals surface area contributed by atoms with E-state index in [9.17, 15) is 4.79 Å². The SMILES string of the molecule is CCCC(=O)NC12CCC(Cn3nc(C)c4c3CCN(c3cc(C)nc5c3cnn5C)C4)(CC1)CC2. The Kier molecular flexibility index (Phi) is 5.61. The highest BCUT2D eigenvalue weighted by Crippen LogP contribution is 2.53. The van der Waals surface area contributed by atoms with Gasteiger partial charge in [0.25, 0.3) is 0 Å². The number of anilines is 1. The average Bonchev–Trinajstić information content (AvgIpc) is 3.38. The zero-order valence-electron chi connectivity index (χ0n) is 22.2. The zero-order valence-corrected chi connectivity index (χ0v) is 22.2. The van der Waals surface area contributed by atoms with Crippen molar-refractivity contribution in [3.63, 3.8) is 0 Å². The minimum absolute atomic E-state index is 0.0499. The Hall–Kier alpha value is -2.90. The van der Waals surface area contributed by atoms with E-state index >= 15 is 0 Å². The summed E-state index contributed by atoms with van der Waals surface area (Å²) in [5.41, 5.74) is 7.53. The first-order valence-electron chi connectivity index (χ1n) is 13.7. The maximum Gasteiger partial charge on any atom is 0.220 e. The number of carbonyl (C=O) groups is 1. The third-order valence-electron chi connectivity index (χ3n) is 9.26. The van der Waals surface area contributed by atoms with E-state index < -0.39 is 0 Å². The Morgan fingerprint density at radius 2 is 1.89 bits per heavy atom. The number of hydrogen-bond acceptors (Lipinski definition) is 5. The van der Waals surface area contributed by atoms with E-state index in [1.54, 1.807) is 0 Å². The molecule has 0 saturated heterocycles. The molecule has 1 N–H and O–H groups in total. The maximum atomic E-state index is 12.3. The van der Waals surface area contributed by atoms with Gasteiger partial charge in [0, 0.05) is 62.0 Å². The first-order chi connectivity index (χ1) is 17.3. The summed E-state index contributed by atoms with van der Waals surface area (Å²) < 4.78 is 4.22. The summed E-state index contributed by atoms with van der Waals surface area (Å²) in [4.78, 5) is 19.5. The van der Waals surface area contributed by atoms with E-state index in [0.29, 0.717) is 11.8 Å². The highest BCUT2D eigenvalue weighted by molar-refractivity contribution is 5.89. The molecule has 3 saturated carbocycles. The Morgan fingerprint density at radius 3 is 2.61 bits per heavy atom. The van der Waals surface area contributed by atoms with Crippen LogP contribution in [-0.4, -0.2) is 42.5 Å². The van der Waals surface area contributed by atoms with Crippen LogP contribution >= 0.6 is 0 Å². The number of aryl methyl sites for hydroxylation is 3. The Labute approximate surface area is 213 Å². The molecular weight excluding hydrogens is 450 g/mol. The lowest BCUT2D eigenvalue weighted by Gasteiger charge is -2.53. The molecule has 8 heteroatoms. The number of fused-ring (bicyclic) bond motifs is 5. The van der Waals surface area contributed by atoms with Crippen molar-refractivity contribution in [2.75, 3.05) is 11.4 Å². The first kappa shape index (κ1) is 23.5. The summed E-state index contributed by atoms with van der Waals surface area (Å²) in [5, 5.41) is 14.1. The molecule has 0 aromatic carbocycles. The summed E-state index contributed by atoms with van der Waals surface area (Å²) in [6, 6.07) is 2.20. The lowest BCUT2D eigenvalue weighted by molar-refractivity contribution is -0.125. The molecule has 1 aliphatic heterocycles. The molecule has 2 bridgehead atoms. The van der Waals surface area contributed by atoms with Gasteiger partial charge in [-0.15, -0.1) is 0 Å². The molecule has 7 rings (SSSR count). The number of rotatable bonds is 6. The van der Waals surface area contributed by atoms with E-state index in [0.717, 1.165) is 74.2 Å². The van der Waals surface area contributed by atoms with Crippen molar-refractivity contribution in [2.24, 2.45) is 12.5 Å². The summed E-state index contributed by atoms with van der Waals surface area (Å²) in [7, 11) is 1.96. The Bertz CT molecular complexity index is 1290. The van der Waals surface area contributed by atoms with Crippen molar-refractivity contribution in [1.29, 1.82) is 0 Å². The normalized spacial score (nSPS) is 25.4. The number of amides is 1. The number of pyridine rings is 1. The van der Waals surface area contributed by atoms with Gasteiger partial charge in [-0.1, -0.05) is 6.92 Å². The van der Waals surface area contributed by atoms with Crippen molar-refractivity contribution in [2.45, 2.75) is 97.2 Å². The quantitative estimate of drug-likeness (QED) is 0.557. The van der Waals surface area contributed by atoms with Crippen molar-refractivity contribution in [3.05, 3.63) is 34.9 Å². The van der Waals surface area contributed by atoms with Crippen molar-refractivity contribution < 1.29 is 4.79 Å². The fourth-order valence-electron chi connectivity index (χ4n) is 7.07. The van der Waals surface area contributed by atoms with Gasteiger partial charge < -0.3 is 10.2 Å². The van der Waals surface area contributed by atoms with E-state index in [2.05, 4.69) is 46.8 Å². The molecule has 1 amide bonds. The average molecular weight is 490 g/mol. The van der Waals surface area contributed by atoms with Crippen LogP contribution < -0.4 is 10.2 Å². The number of aromatic nitrogens is 5. The van der Waals surface area contributed by atoms with Gasteiger partial charge in [-0.2, -0.15) is 10.2 Å². The molecule has 3 aliphatic carbocycles. The molecule has 0 spiro atoms. The molecule has 3 aromatic rings. The van der Waals surface area contributed by atoms with Gasteiger partial charge in [0.1, 0.15) is 0 Å². The molecular formula is C28H39N7O. The van der Waals surface area contributed by atoms with Crippen LogP contribution in [0.3, 0.4) is 0 Å². The fourth-order valence-corrected chi connectivity index (χ4v) is 7.07.